The van der Waals surface area contributed by atoms with E-state index in [2.05, 4.69) is 25.3 Å². The van der Waals surface area contributed by atoms with Crippen molar-refractivity contribution in [2.45, 2.75) is 135 Å². The maximum atomic E-state index is 13.1. The smallest absolute Gasteiger partial charge is 0.311 e. The van der Waals surface area contributed by atoms with E-state index >= 15 is 0 Å². The first-order valence-electron chi connectivity index (χ1n) is 14.0. The summed E-state index contributed by atoms with van der Waals surface area (Å²) in [6, 6.07) is 0. The van der Waals surface area contributed by atoms with Crippen molar-refractivity contribution in [3.8, 4) is 0 Å². The molecule has 0 aromatic carbocycles. The summed E-state index contributed by atoms with van der Waals surface area (Å²) in [4.78, 5) is 28.2. The monoisotopic (exact) mass is 463 g/mol. The Hall–Kier alpha value is -1.16. The van der Waals surface area contributed by atoms with Crippen LogP contribution in [0.3, 0.4) is 0 Å². The van der Waals surface area contributed by atoms with Gasteiger partial charge >= 0.3 is 5.97 Å². The number of aldehydes is 1. The molecule has 0 radical (unpaired) electrons. The number of nitrogens with zero attached hydrogens (tertiary/aromatic N) is 1. The molecule has 4 nitrogen and oxygen atoms in total. The zero-order chi connectivity index (χ0) is 24.4. The van der Waals surface area contributed by atoms with Crippen molar-refractivity contribution in [1.29, 1.82) is 0 Å². The Labute approximate surface area is 204 Å². The summed E-state index contributed by atoms with van der Waals surface area (Å²) in [7, 11) is 0. The van der Waals surface area contributed by atoms with Crippen LogP contribution < -0.4 is 0 Å². The standard InChI is InChI=1S/C29H53NO3/c1-5-7-9-11-13-17-22-30(23-18-14-12-10-8-6-2)29(25-31)21-16-15-19-27(29)28(32)33-24-20-26(3)4/h25,27H,3,5-24H2,1-2,4H3. The quantitative estimate of drug-likeness (QED) is 0.0805. The van der Waals surface area contributed by atoms with Crippen LogP contribution >= 0.6 is 0 Å². The molecule has 2 unspecified atom stereocenters. The number of hydrogen-bond acceptors (Lipinski definition) is 4. The van der Waals surface area contributed by atoms with Gasteiger partial charge in [-0.3, -0.25) is 9.69 Å². The molecule has 4 heteroatoms. The molecule has 0 aliphatic heterocycles. The predicted octanol–water partition coefficient (Wildman–Crippen LogP) is 7.65. The Kier molecular flexibility index (Phi) is 16.5. The van der Waals surface area contributed by atoms with Gasteiger partial charge in [0.15, 0.2) is 0 Å². The van der Waals surface area contributed by atoms with Crippen LogP contribution in [-0.4, -0.2) is 42.4 Å². The molecule has 1 aliphatic carbocycles. The fourth-order valence-electron chi connectivity index (χ4n) is 5.22. The van der Waals surface area contributed by atoms with E-state index in [0.29, 0.717) is 13.0 Å². The Balaban J connectivity index is 2.84. The van der Waals surface area contributed by atoms with Crippen molar-refractivity contribution in [3.63, 3.8) is 0 Å². The van der Waals surface area contributed by atoms with Gasteiger partial charge in [-0.1, -0.05) is 96.5 Å². The molecule has 33 heavy (non-hydrogen) atoms. The Morgan fingerprint density at radius 1 is 0.939 bits per heavy atom. The average molecular weight is 464 g/mol. The lowest BCUT2D eigenvalue weighted by Gasteiger charge is -2.47. The molecule has 0 N–H and O–H groups in total. The van der Waals surface area contributed by atoms with Gasteiger partial charge in [-0.25, -0.2) is 0 Å². The molecule has 0 heterocycles. The lowest BCUT2D eigenvalue weighted by molar-refractivity contribution is -0.160. The van der Waals surface area contributed by atoms with Crippen LogP contribution in [0.2, 0.25) is 0 Å². The fourth-order valence-corrected chi connectivity index (χ4v) is 5.22. The number of carbonyl (C=O) groups excluding carboxylic acids is 2. The molecule has 0 spiro atoms. The second kappa shape index (κ2) is 18.2. The minimum absolute atomic E-state index is 0.182. The third kappa shape index (κ3) is 11.2. The average Bonchev–Trinajstić information content (AvgIpc) is 2.81. The fraction of sp³-hybridized carbons (Fsp3) is 0.862. The largest absolute Gasteiger partial charge is 0.465 e. The van der Waals surface area contributed by atoms with Gasteiger partial charge in [0, 0.05) is 6.42 Å². The summed E-state index contributed by atoms with van der Waals surface area (Å²) < 4.78 is 5.65. The molecular formula is C29H53NO3. The third-order valence-electron chi connectivity index (χ3n) is 7.34. The second-order valence-corrected chi connectivity index (χ2v) is 10.3. The zero-order valence-electron chi connectivity index (χ0n) is 22.2. The van der Waals surface area contributed by atoms with E-state index in [-0.39, 0.29) is 11.9 Å². The molecular weight excluding hydrogens is 410 g/mol. The highest BCUT2D eigenvalue weighted by Crippen LogP contribution is 2.39. The first-order valence-corrected chi connectivity index (χ1v) is 14.0. The van der Waals surface area contributed by atoms with Crippen LogP contribution in [0.1, 0.15) is 130 Å². The molecule has 0 aromatic rings. The SMILES string of the molecule is C=C(C)CCOC(=O)C1CCCCC1(C=O)N(CCCCCCCC)CCCCCCCC. The minimum atomic E-state index is -0.689. The minimum Gasteiger partial charge on any atom is -0.465 e. The maximum absolute atomic E-state index is 13.1. The van der Waals surface area contributed by atoms with Gasteiger partial charge in [-0.15, -0.1) is 6.58 Å². The Morgan fingerprint density at radius 2 is 1.48 bits per heavy atom. The second-order valence-electron chi connectivity index (χ2n) is 10.3. The van der Waals surface area contributed by atoms with Crippen molar-refractivity contribution >= 4 is 12.3 Å². The molecule has 0 amide bonds. The van der Waals surface area contributed by atoms with Gasteiger partial charge in [-0.05, 0) is 45.7 Å². The van der Waals surface area contributed by atoms with Crippen LogP contribution in [0.15, 0.2) is 12.2 Å². The van der Waals surface area contributed by atoms with Gasteiger partial charge in [0.2, 0.25) is 0 Å². The third-order valence-corrected chi connectivity index (χ3v) is 7.34. The number of esters is 1. The number of rotatable bonds is 20. The van der Waals surface area contributed by atoms with Crippen molar-refractivity contribution in [2.24, 2.45) is 5.92 Å². The molecule has 1 aliphatic rings. The van der Waals surface area contributed by atoms with Crippen molar-refractivity contribution in [1.82, 2.24) is 4.90 Å². The summed E-state index contributed by atoms with van der Waals surface area (Å²) in [6.07, 6.45) is 20.2. The molecule has 0 aromatic heterocycles. The van der Waals surface area contributed by atoms with Crippen molar-refractivity contribution in [2.75, 3.05) is 19.7 Å². The topological polar surface area (TPSA) is 46.6 Å². The molecule has 1 rings (SSSR count). The summed E-state index contributed by atoms with van der Waals surface area (Å²) in [5.74, 6) is -0.520. The zero-order valence-corrected chi connectivity index (χ0v) is 22.2. The number of ether oxygens (including phenoxy) is 1. The summed E-state index contributed by atoms with van der Waals surface area (Å²) >= 11 is 0. The van der Waals surface area contributed by atoms with Gasteiger partial charge in [0.1, 0.15) is 6.29 Å². The van der Waals surface area contributed by atoms with E-state index in [0.717, 1.165) is 63.5 Å². The first kappa shape index (κ1) is 29.9. The van der Waals surface area contributed by atoms with E-state index < -0.39 is 5.54 Å². The number of carbonyl (C=O) groups is 2. The maximum Gasteiger partial charge on any atom is 0.311 e. The van der Waals surface area contributed by atoms with Gasteiger partial charge < -0.3 is 9.53 Å². The highest BCUT2D eigenvalue weighted by Gasteiger charge is 2.49. The summed E-state index contributed by atoms with van der Waals surface area (Å²) in [5.41, 5.74) is 0.326. The summed E-state index contributed by atoms with van der Waals surface area (Å²) in [6.45, 7) is 12.5. The Bertz CT molecular complexity index is 531. The van der Waals surface area contributed by atoms with E-state index in [9.17, 15) is 9.59 Å². The molecule has 192 valence electrons. The van der Waals surface area contributed by atoms with Crippen LogP contribution in [0, 0.1) is 5.92 Å². The lowest BCUT2D eigenvalue weighted by atomic mass is 9.72. The van der Waals surface area contributed by atoms with E-state index in [4.69, 9.17) is 4.74 Å². The van der Waals surface area contributed by atoms with E-state index in [1.807, 2.05) is 6.92 Å². The highest BCUT2D eigenvalue weighted by molar-refractivity contribution is 5.81. The van der Waals surface area contributed by atoms with Gasteiger partial charge in [0.25, 0.3) is 0 Å². The first-order chi connectivity index (χ1) is 16.0. The van der Waals surface area contributed by atoms with Crippen LogP contribution in [0.4, 0.5) is 0 Å². The van der Waals surface area contributed by atoms with Gasteiger partial charge in [0.05, 0.1) is 18.1 Å². The Morgan fingerprint density at radius 3 is 2.00 bits per heavy atom. The van der Waals surface area contributed by atoms with Crippen molar-refractivity contribution < 1.29 is 14.3 Å². The molecule has 2 atom stereocenters. The normalized spacial score (nSPS) is 20.7. The lowest BCUT2D eigenvalue weighted by Crippen LogP contribution is -2.59. The van der Waals surface area contributed by atoms with E-state index in [1.165, 1.54) is 64.2 Å². The van der Waals surface area contributed by atoms with Crippen LogP contribution in [-0.2, 0) is 14.3 Å². The summed E-state index contributed by atoms with van der Waals surface area (Å²) in [5, 5.41) is 0. The predicted molar refractivity (Wildman–Crippen MR) is 139 cm³/mol. The van der Waals surface area contributed by atoms with E-state index in [1.54, 1.807) is 0 Å². The number of unbranched alkanes of at least 4 members (excludes halogenated alkanes) is 10. The highest BCUT2D eigenvalue weighted by atomic mass is 16.5. The molecule has 1 fully saturated rings. The molecule has 0 saturated heterocycles. The van der Waals surface area contributed by atoms with Crippen molar-refractivity contribution in [3.05, 3.63) is 12.2 Å². The molecule has 1 saturated carbocycles. The van der Waals surface area contributed by atoms with Crippen LogP contribution in [0.5, 0.6) is 0 Å². The number of hydrogen-bond donors (Lipinski definition) is 0. The molecule has 0 bridgehead atoms. The van der Waals surface area contributed by atoms with Crippen LogP contribution in [0.25, 0.3) is 0 Å². The van der Waals surface area contributed by atoms with Gasteiger partial charge in [-0.2, -0.15) is 0 Å².